The van der Waals surface area contributed by atoms with Crippen LogP contribution in [0.3, 0.4) is 0 Å². The fourth-order valence-electron chi connectivity index (χ4n) is 2.75. The van der Waals surface area contributed by atoms with Crippen molar-refractivity contribution in [2.24, 2.45) is 0 Å². The van der Waals surface area contributed by atoms with Crippen LogP contribution < -0.4 is 10.6 Å². The monoisotopic (exact) mass is 417 g/mol. The summed E-state index contributed by atoms with van der Waals surface area (Å²) >= 11 is 0. The molecule has 0 heterocycles. The fraction of sp³-hybridized carbons (Fsp3) is 0.333. The lowest BCUT2D eigenvalue weighted by molar-refractivity contribution is -0.119. The standard InChI is InChI=1S/C21H27N3O4S/c1-5-15(2)22-20(25)17-13-9-10-14-18(17)23-21(26)19(24(3)29(4,27)28)16-11-7-6-8-12-16/h6-15,19H,5H2,1-4H3,(H,22,25)(H,23,26). The molecule has 0 spiro atoms. The van der Waals surface area contributed by atoms with Gasteiger partial charge in [0.1, 0.15) is 6.04 Å². The number of para-hydroxylation sites is 1. The number of nitrogens with one attached hydrogen (secondary N) is 2. The van der Waals surface area contributed by atoms with Gasteiger partial charge in [0.05, 0.1) is 17.5 Å². The molecule has 0 saturated heterocycles. The summed E-state index contributed by atoms with van der Waals surface area (Å²) in [5.41, 5.74) is 1.16. The van der Waals surface area contributed by atoms with E-state index in [4.69, 9.17) is 0 Å². The molecule has 156 valence electrons. The smallest absolute Gasteiger partial charge is 0.253 e. The molecule has 0 fully saturated rings. The van der Waals surface area contributed by atoms with Crippen molar-refractivity contribution >= 4 is 27.5 Å². The van der Waals surface area contributed by atoms with Crippen molar-refractivity contribution in [3.8, 4) is 0 Å². The van der Waals surface area contributed by atoms with Gasteiger partial charge in [-0.15, -0.1) is 0 Å². The van der Waals surface area contributed by atoms with Gasteiger partial charge in [0.25, 0.3) is 5.91 Å². The fourth-order valence-corrected chi connectivity index (χ4v) is 3.35. The summed E-state index contributed by atoms with van der Waals surface area (Å²) in [4.78, 5) is 25.7. The van der Waals surface area contributed by atoms with Gasteiger partial charge in [0, 0.05) is 13.1 Å². The van der Waals surface area contributed by atoms with Gasteiger partial charge in [-0.05, 0) is 31.0 Å². The molecule has 0 radical (unpaired) electrons. The van der Waals surface area contributed by atoms with Gasteiger partial charge in [-0.2, -0.15) is 4.31 Å². The molecule has 0 bridgehead atoms. The molecular formula is C21H27N3O4S. The van der Waals surface area contributed by atoms with E-state index in [1.165, 1.54) is 7.05 Å². The number of nitrogens with zero attached hydrogens (tertiary/aromatic N) is 1. The maximum atomic E-state index is 13.1. The molecular weight excluding hydrogens is 390 g/mol. The molecule has 7 nitrogen and oxygen atoms in total. The van der Waals surface area contributed by atoms with Crippen molar-refractivity contribution in [1.82, 2.24) is 9.62 Å². The van der Waals surface area contributed by atoms with E-state index in [0.29, 0.717) is 16.8 Å². The van der Waals surface area contributed by atoms with Gasteiger partial charge in [-0.3, -0.25) is 9.59 Å². The van der Waals surface area contributed by atoms with Crippen molar-refractivity contribution in [1.29, 1.82) is 0 Å². The molecule has 0 saturated carbocycles. The Balaban J connectivity index is 2.37. The van der Waals surface area contributed by atoms with Crippen LogP contribution in [0.25, 0.3) is 0 Å². The van der Waals surface area contributed by atoms with Gasteiger partial charge in [0.2, 0.25) is 15.9 Å². The van der Waals surface area contributed by atoms with E-state index in [2.05, 4.69) is 10.6 Å². The van der Waals surface area contributed by atoms with E-state index < -0.39 is 22.0 Å². The first kappa shape index (κ1) is 22.6. The van der Waals surface area contributed by atoms with Crippen molar-refractivity contribution in [2.45, 2.75) is 32.4 Å². The molecule has 2 rings (SSSR count). The SMILES string of the molecule is CCC(C)NC(=O)c1ccccc1NC(=O)C(c1ccccc1)N(C)S(C)(=O)=O. The maximum absolute atomic E-state index is 13.1. The van der Waals surface area contributed by atoms with Crippen molar-refractivity contribution in [3.63, 3.8) is 0 Å². The maximum Gasteiger partial charge on any atom is 0.253 e. The summed E-state index contributed by atoms with van der Waals surface area (Å²) in [6.07, 6.45) is 1.82. The Morgan fingerprint density at radius 3 is 2.21 bits per heavy atom. The molecule has 2 unspecified atom stereocenters. The van der Waals surface area contributed by atoms with Crippen molar-refractivity contribution < 1.29 is 18.0 Å². The Kier molecular flexibility index (Phi) is 7.53. The first-order valence-corrected chi connectivity index (χ1v) is 11.2. The Hall–Kier alpha value is -2.71. The number of rotatable bonds is 8. The van der Waals surface area contributed by atoms with E-state index >= 15 is 0 Å². The topological polar surface area (TPSA) is 95.6 Å². The lowest BCUT2D eigenvalue weighted by Crippen LogP contribution is -2.38. The number of anilines is 1. The number of carbonyl (C=O) groups is 2. The highest BCUT2D eigenvalue weighted by atomic mass is 32.2. The molecule has 0 aliphatic heterocycles. The molecule has 0 aliphatic rings. The predicted octanol–water partition coefficient (Wildman–Crippen LogP) is 2.79. The van der Waals surface area contributed by atoms with Crippen LogP contribution in [0.5, 0.6) is 0 Å². The van der Waals surface area contributed by atoms with Crippen LogP contribution in [-0.2, 0) is 14.8 Å². The van der Waals surface area contributed by atoms with E-state index in [9.17, 15) is 18.0 Å². The van der Waals surface area contributed by atoms with Crippen molar-refractivity contribution in [3.05, 3.63) is 65.7 Å². The van der Waals surface area contributed by atoms with Crippen LogP contribution in [-0.4, -0.2) is 43.9 Å². The summed E-state index contributed by atoms with van der Waals surface area (Å²) in [7, 11) is -2.28. The highest BCUT2D eigenvalue weighted by Crippen LogP contribution is 2.25. The normalized spacial score (nSPS) is 13.6. The number of benzene rings is 2. The largest absolute Gasteiger partial charge is 0.350 e. The van der Waals surface area contributed by atoms with Crippen LogP contribution >= 0.6 is 0 Å². The van der Waals surface area contributed by atoms with Gasteiger partial charge >= 0.3 is 0 Å². The number of hydrogen-bond donors (Lipinski definition) is 2. The van der Waals surface area contributed by atoms with E-state index in [-0.39, 0.29) is 11.9 Å². The lowest BCUT2D eigenvalue weighted by atomic mass is 10.1. The first-order chi connectivity index (χ1) is 13.6. The number of carbonyl (C=O) groups excluding carboxylic acids is 2. The third-order valence-corrected chi connectivity index (χ3v) is 5.93. The quantitative estimate of drug-likeness (QED) is 0.690. The minimum Gasteiger partial charge on any atom is -0.350 e. The zero-order valence-electron chi connectivity index (χ0n) is 17.0. The zero-order chi connectivity index (χ0) is 21.6. The molecule has 8 heteroatoms. The summed E-state index contributed by atoms with van der Waals surface area (Å²) in [5.74, 6) is -0.851. The minimum atomic E-state index is -3.64. The molecule has 2 N–H and O–H groups in total. The first-order valence-electron chi connectivity index (χ1n) is 9.33. The van der Waals surface area contributed by atoms with Crippen LogP contribution in [0.2, 0.25) is 0 Å². The predicted molar refractivity (Wildman–Crippen MR) is 114 cm³/mol. The average Bonchev–Trinajstić information content (AvgIpc) is 2.68. The second kappa shape index (κ2) is 9.67. The van der Waals surface area contributed by atoms with Crippen LogP contribution in [0.1, 0.15) is 42.2 Å². The summed E-state index contributed by atoms with van der Waals surface area (Å²) in [6, 6.07) is 14.2. The third-order valence-electron chi connectivity index (χ3n) is 4.67. The summed E-state index contributed by atoms with van der Waals surface area (Å²) < 4.78 is 25.2. The Labute approximate surface area is 172 Å². The minimum absolute atomic E-state index is 0.0142. The Bertz CT molecular complexity index is 961. The number of sulfonamides is 1. The van der Waals surface area contributed by atoms with Gasteiger partial charge < -0.3 is 10.6 Å². The second-order valence-corrected chi connectivity index (χ2v) is 8.95. The molecule has 2 atom stereocenters. The molecule has 29 heavy (non-hydrogen) atoms. The van der Waals surface area contributed by atoms with Gasteiger partial charge in [0.15, 0.2) is 0 Å². The van der Waals surface area contributed by atoms with E-state index in [1.807, 2.05) is 13.8 Å². The van der Waals surface area contributed by atoms with E-state index in [0.717, 1.165) is 17.0 Å². The number of amides is 2. The van der Waals surface area contributed by atoms with Crippen LogP contribution in [0.15, 0.2) is 54.6 Å². The molecule has 2 aromatic carbocycles. The highest BCUT2D eigenvalue weighted by molar-refractivity contribution is 7.88. The van der Waals surface area contributed by atoms with Crippen molar-refractivity contribution in [2.75, 3.05) is 18.6 Å². The molecule has 0 aliphatic carbocycles. The van der Waals surface area contributed by atoms with Crippen LogP contribution in [0, 0.1) is 0 Å². The molecule has 2 aromatic rings. The second-order valence-electron chi connectivity index (χ2n) is 6.91. The molecule has 2 amide bonds. The average molecular weight is 418 g/mol. The zero-order valence-corrected chi connectivity index (χ0v) is 17.9. The third kappa shape index (κ3) is 5.88. The molecule has 0 aromatic heterocycles. The Morgan fingerprint density at radius 2 is 1.62 bits per heavy atom. The Morgan fingerprint density at radius 1 is 1.03 bits per heavy atom. The summed E-state index contributed by atoms with van der Waals surface area (Å²) in [6.45, 7) is 3.86. The highest BCUT2D eigenvalue weighted by Gasteiger charge is 2.31. The summed E-state index contributed by atoms with van der Waals surface area (Å²) in [5, 5.41) is 5.60. The van der Waals surface area contributed by atoms with Gasteiger partial charge in [-0.25, -0.2) is 8.42 Å². The number of likely N-dealkylation sites (N-methyl/N-ethyl adjacent to an activating group) is 1. The van der Waals surface area contributed by atoms with Crippen LogP contribution in [0.4, 0.5) is 5.69 Å². The van der Waals surface area contributed by atoms with E-state index in [1.54, 1.807) is 54.6 Å². The number of hydrogen-bond acceptors (Lipinski definition) is 4. The van der Waals surface area contributed by atoms with Gasteiger partial charge in [-0.1, -0.05) is 49.4 Å². The lowest BCUT2D eigenvalue weighted by Gasteiger charge is -2.26.